The van der Waals surface area contributed by atoms with Gasteiger partial charge in [0.2, 0.25) is 0 Å². The molecule has 0 atom stereocenters. The van der Waals surface area contributed by atoms with Crippen LogP contribution in [0.1, 0.15) is 12.8 Å². The Hall–Kier alpha value is 0.114. The van der Waals surface area contributed by atoms with Crippen molar-refractivity contribution in [2.24, 2.45) is 0 Å². The Labute approximate surface area is 173 Å². The molecule has 0 unspecified atom stereocenters. The third-order valence-corrected chi connectivity index (χ3v) is 12.9. The Bertz CT molecular complexity index is 394. The average Bonchev–Trinajstić information content (AvgIpc) is 2.76. The molecule has 3 aliphatic heterocycles. The molecule has 0 radical (unpaired) electrons. The van der Waals surface area contributed by atoms with Crippen LogP contribution in [-0.4, -0.2) is 122 Å². The van der Waals surface area contributed by atoms with Gasteiger partial charge < -0.3 is 35.5 Å². The van der Waals surface area contributed by atoms with E-state index in [4.69, 9.17) is 26.6 Å². The summed E-state index contributed by atoms with van der Waals surface area (Å²) in [4.78, 5) is 0. The molecule has 3 aliphatic rings. The van der Waals surface area contributed by atoms with Crippen molar-refractivity contribution in [3.8, 4) is 0 Å². The maximum absolute atomic E-state index is 5.57. The summed E-state index contributed by atoms with van der Waals surface area (Å²) in [6, 6.07) is 1.79. The minimum Gasteiger partial charge on any atom is -0.377 e. The van der Waals surface area contributed by atoms with Crippen molar-refractivity contribution >= 4 is 17.6 Å². The lowest BCUT2D eigenvalue weighted by atomic mass is 10.1. The van der Waals surface area contributed by atoms with E-state index in [1.807, 2.05) is 0 Å². The van der Waals surface area contributed by atoms with Gasteiger partial charge in [-0.2, -0.15) is 0 Å². The first-order chi connectivity index (χ1) is 13.4. The van der Waals surface area contributed by atoms with Gasteiger partial charge in [-0.1, -0.05) is 0 Å². The summed E-state index contributed by atoms with van der Waals surface area (Å²) in [5.41, 5.74) is 0. The van der Waals surface area contributed by atoms with E-state index in [0.717, 1.165) is 24.9 Å². The van der Waals surface area contributed by atoms with Crippen molar-refractivity contribution < 1.29 is 35.5 Å². The maximum Gasteiger partial charge on any atom is 0.500 e. The van der Waals surface area contributed by atoms with E-state index in [9.17, 15) is 0 Å². The number of fused-ring (bicyclic) bond motifs is 3. The van der Waals surface area contributed by atoms with Gasteiger partial charge in [0.25, 0.3) is 0 Å². The Morgan fingerprint density at radius 2 is 0.750 bits per heavy atom. The number of nitrogens with zero attached hydrogens (tertiary/aromatic N) is 2. The lowest BCUT2D eigenvalue weighted by Gasteiger charge is -2.56. The second-order valence-corrected chi connectivity index (χ2v) is 14.5. The summed E-state index contributed by atoms with van der Waals surface area (Å²) in [5, 5.41) is 0. The first-order valence-corrected chi connectivity index (χ1v) is 14.3. The molecule has 10 heteroatoms. The van der Waals surface area contributed by atoms with Crippen LogP contribution < -0.4 is 0 Å². The zero-order valence-electron chi connectivity index (χ0n) is 18.8. The third-order valence-electron chi connectivity index (χ3n) is 7.24. The van der Waals surface area contributed by atoms with E-state index in [1.54, 1.807) is 42.7 Å². The van der Waals surface area contributed by atoms with Gasteiger partial charge >= 0.3 is 17.6 Å². The van der Waals surface area contributed by atoms with Crippen molar-refractivity contribution in [3.05, 3.63) is 0 Å². The standard InChI is InChI=1S/C18H42N2O6Si2/c1-21-27(22-2,23-3)17-7-9-19-11-14-20(15-12-19,16-13-19)10-8-18-28(24-4,25-5)26-6/h7-18H2,1-6H3/q+2. The molecule has 166 valence electrons. The summed E-state index contributed by atoms with van der Waals surface area (Å²) in [7, 11) is 5.33. The Morgan fingerprint density at radius 1 is 0.500 bits per heavy atom. The van der Waals surface area contributed by atoms with Crippen molar-refractivity contribution in [3.63, 3.8) is 0 Å². The fraction of sp³-hybridized carbons (Fsp3) is 1.00. The highest BCUT2D eigenvalue weighted by atomic mass is 28.4. The van der Waals surface area contributed by atoms with E-state index in [1.165, 1.54) is 61.3 Å². The molecule has 3 heterocycles. The number of quaternary nitrogens is 2. The summed E-state index contributed by atoms with van der Waals surface area (Å²) < 4.78 is 36.0. The van der Waals surface area contributed by atoms with Crippen LogP contribution in [0.15, 0.2) is 0 Å². The molecular formula is C18H42N2O6Si2+2. The van der Waals surface area contributed by atoms with Crippen molar-refractivity contribution in [1.29, 1.82) is 0 Å². The van der Waals surface area contributed by atoms with Crippen LogP contribution in [0, 0.1) is 0 Å². The molecule has 0 aromatic heterocycles. The topological polar surface area (TPSA) is 55.4 Å². The molecule has 0 aliphatic carbocycles. The van der Waals surface area contributed by atoms with E-state index < -0.39 is 17.6 Å². The van der Waals surface area contributed by atoms with Gasteiger partial charge in [-0.05, 0) is 0 Å². The highest BCUT2D eigenvalue weighted by Gasteiger charge is 2.49. The van der Waals surface area contributed by atoms with Gasteiger partial charge in [-0.25, -0.2) is 0 Å². The lowest BCUT2D eigenvalue weighted by Crippen LogP contribution is -2.75. The molecule has 0 N–H and O–H groups in total. The molecule has 0 amide bonds. The smallest absolute Gasteiger partial charge is 0.377 e. The molecule has 3 fully saturated rings. The van der Waals surface area contributed by atoms with Crippen molar-refractivity contribution in [2.45, 2.75) is 24.9 Å². The minimum atomic E-state index is -2.44. The van der Waals surface area contributed by atoms with Crippen molar-refractivity contribution in [1.82, 2.24) is 0 Å². The van der Waals surface area contributed by atoms with Gasteiger partial charge in [0.05, 0.1) is 13.1 Å². The van der Waals surface area contributed by atoms with E-state index in [0.29, 0.717) is 0 Å². The van der Waals surface area contributed by atoms with Gasteiger partial charge in [0.15, 0.2) is 0 Å². The Balaban J connectivity index is 1.79. The normalized spacial score (nSPS) is 28.1. The molecule has 0 spiro atoms. The number of rotatable bonds is 14. The van der Waals surface area contributed by atoms with Gasteiger partial charge in [0.1, 0.15) is 39.3 Å². The first-order valence-electron chi connectivity index (χ1n) is 10.4. The van der Waals surface area contributed by atoms with Crippen LogP contribution in [0.25, 0.3) is 0 Å². The third kappa shape index (κ3) is 5.42. The van der Waals surface area contributed by atoms with Gasteiger partial charge in [0, 0.05) is 67.6 Å². The van der Waals surface area contributed by atoms with E-state index in [2.05, 4.69) is 0 Å². The summed E-state index contributed by atoms with van der Waals surface area (Å²) >= 11 is 0. The summed E-state index contributed by atoms with van der Waals surface area (Å²) in [6.45, 7) is 10.1. The maximum atomic E-state index is 5.57. The molecule has 0 aromatic carbocycles. The minimum absolute atomic E-state index is 0.897. The Morgan fingerprint density at radius 3 is 0.964 bits per heavy atom. The Kier molecular flexibility index (Phi) is 9.08. The van der Waals surface area contributed by atoms with Crippen LogP contribution in [0.3, 0.4) is 0 Å². The molecule has 3 rings (SSSR count). The number of piperazine rings is 3. The predicted octanol–water partition coefficient (Wildman–Crippen LogP) is 1.18. The van der Waals surface area contributed by atoms with Crippen LogP contribution >= 0.6 is 0 Å². The highest BCUT2D eigenvalue weighted by Crippen LogP contribution is 2.29. The highest BCUT2D eigenvalue weighted by molar-refractivity contribution is 6.60. The predicted molar refractivity (Wildman–Crippen MR) is 112 cm³/mol. The lowest BCUT2D eigenvalue weighted by molar-refractivity contribution is -1.08. The van der Waals surface area contributed by atoms with Crippen LogP contribution in [0.4, 0.5) is 0 Å². The molecule has 28 heavy (non-hydrogen) atoms. The zero-order valence-corrected chi connectivity index (χ0v) is 20.8. The fourth-order valence-electron chi connectivity index (χ4n) is 4.99. The SMILES string of the molecule is CO[Si](CCC[N+]12CC[N+](CCC[Si](OC)(OC)OC)(CC1)CC2)(OC)OC. The fourth-order valence-corrected chi connectivity index (χ4v) is 8.40. The molecule has 2 bridgehead atoms. The zero-order chi connectivity index (χ0) is 20.7. The summed E-state index contributed by atoms with van der Waals surface area (Å²) in [6.07, 6.45) is 2.21. The molecule has 3 saturated heterocycles. The molecule has 8 nitrogen and oxygen atoms in total. The van der Waals surface area contributed by atoms with Crippen molar-refractivity contribution in [2.75, 3.05) is 95.0 Å². The van der Waals surface area contributed by atoms with Crippen LogP contribution in [0.5, 0.6) is 0 Å². The molecular weight excluding hydrogens is 396 g/mol. The second kappa shape index (κ2) is 10.4. The molecule has 0 saturated carbocycles. The number of hydrogen-bond acceptors (Lipinski definition) is 6. The quantitative estimate of drug-likeness (QED) is 0.300. The molecule has 0 aromatic rings. The van der Waals surface area contributed by atoms with Crippen LogP contribution in [-0.2, 0) is 26.6 Å². The van der Waals surface area contributed by atoms with Gasteiger partial charge in [-0.15, -0.1) is 0 Å². The monoisotopic (exact) mass is 438 g/mol. The number of hydrogen-bond donors (Lipinski definition) is 0. The summed E-state index contributed by atoms with van der Waals surface area (Å²) in [5.74, 6) is 0. The van der Waals surface area contributed by atoms with E-state index in [-0.39, 0.29) is 0 Å². The largest absolute Gasteiger partial charge is 0.500 e. The second-order valence-electron chi connectivity index (χ2n) is 8.27. The first kappa shape index (κ1) is 24.4. The average molecular weight is 439 g/mol. The van der Waals surface area contributed by atoms with Gasteiger partial charge in [-0.3, -0.25) is 0 Å². The van der Waals surface area contributed by atoms with Crippen LogP contribution in [0.2, 0.25) is 12.1 Å². The van der Waals surface area contributed by atoms with E-state index >= 15 is 0 Å².